The Balaban J connectivity index is 0.000000401. The van der Waals surface area contributed by atoms with Crippen LogP contribution in [0.1, 0.15) is 0 Å². The molecule has 0 nitrogen and oxygen atoms in total. The zero-order valence-electron chi connectivity index (χ0n) is 27.0. The predicted molar refractivity (Wildman–Crippen MR) is 210 cm³/mol. The van der Waals surface area contributed by atoms with Gasteiger partial charge in [0.15, 0.2) is 0 Å². The maximum atomic E-state index is 2.51. The van der Waals surface area contributed by atoms with Crippen LogP contribution in [0.5, 0.6) is 0 Å². The van der Waals surface area contributed by atoms with E-state index in [0.29, 0.717) is 0 Å². The number of benzene rings is 4. The summed E-state index contributed by atoms with van der Waals surface area (Å²) in [4.78, 5) is 0. The third-order valence-corrected chi connectivity index (χ3v) is 20.9. The molecule has 0 saturated carbocycles. The average molecular weight is 768 g/mol. The molecule has 0 N–H and O–H groups in total. The fraction of sp³-hybridized carbons (Fsp3) is 0.294. The summed E-state index contributed by atoms with van der Waals surface area (Å²) >= 11 is 0. The molecule has 0 fully saturated rings. The molecule has 0 heterocycles. The van der Waals surface area contributed by atoms with Gasteiger partial charge in [0.05, 0.1) is 74.5 Å². The Hall–Kier alpha value is 0.0727. The van der Waals surface area contributed by atoms with Crippen molar-refractivity contribution in [2.75, 3.05) is 53.3 Å². The summed E-state index contributed by atoms with van der Waals surface area (Å²) < 4.78 is 0. The molecule has 8 heteroatoms. The molecule has 42 heavy (non-hydrogen) atoms. The van der Waals surface area contributed by atoms with Gasteiger partial charge in [-0.3, -0.25) is 0 Å². The van der Waals surface area contributed by atoms with E-state index in [-0.39, 0.29) is 65.8 Å². The van der Waals surface area contributed by atoms with E-state index in [2.05, 4.69) is 163 Å². The topological polar surface area (TPSA) is 0 Å². The van der Waals surface area contributed by atoms with Crippen LogP contribution in [0.25, 0.3) is 0 Å². The summed E-state index contributed by atoms with van der Waals surface area (Å²) in [7, 11) is -3.65. The molecule has 0 aliphatic heterocycles. The van der Waals surface area contributed by atoms with E-state index in [1.165, 1.54) is 0 Å². The maximum Gasteiger partial charge on any atom is 0.110 e. The van der Waals surface area contributed by atoms with Crippen molar-refractivity contribution in [2.24, 2.45) is 0 Å². The molecule has 234 valence electrons. The van der Waals surface area contributed by atoms with Gasteiger partial charge >= 0.3 is 0 Å². The van der Waals surface area contributed by atoms with Crippen LogP contribution >= 0.6 is 31.7 Å². The molecule has 0 unspecified atom stereocenters. The Labute approximate surface area is 286 Å². The average Bonchev–Trinajstić information content (AvgIpc) is 2.96. The smallest absolute Gasteiger partial charge is 0.0639 e. The third-order valence-electron chi connectivity index (χ3n) is 7.86. The van der Waals surface area contributed by atoms with Crippen molar-refractivity contribution < 1.29 is 34.1 Å². The van der Waals surface area contributed by atoms with E-state index in [9.17, 15) is 0 Å². The second-order valence-electron chi connectivity index (χ2n) is 11.8. The van der Waals surface area contributed by atoms with E-state index in [1.807, 2.05) is 0 Å². The van der Waals surface area contributed by atoms with E-state index in [0.717, 1.165) is 0 Å². The Morgan fingerprint density at radius 3 is 0.667 bits per heavy atom. The van der Waals surface area contributed by atoms with Crippen molar-refractivity contribution in [1.82, 2.24) is 0 Å². The molecule has 4 aromatic rings. The van der Waals surface area contributed by atoms with Gasteiger partial charge in [-0.1, -0.05) is 85.9 Å². The van der Waals surface area contributed by atoms with Gasteiger partial charge in [0, 0.05) is 65.8 Å². The molecule has 0 spiro atoms. The summed E-state index contributed by atoms with van der Waals surface area (Å²) in [6.07, 6.45) is 0. The molecular weight excluding hydrogens is 716 g/mol. The molecule has 4 aromatic carbocycles. The summed E-state index contributed by atoms with van der Waals surface area (Å²) in [5, 5.41) is 13.3. The van der Waals surface area contributed by atoms with Crippen LogP contribution in [-0.4, -0.2) is 70.9 Å². The molecule has 2 radical (unpaired) electrons. The zero-order valence-corrected chi connectivity index (χ0v) is 35.2. The summed E-state index contributed by atoms with van der Waals surface area (Å²) in [5.74, 6) is 0. The number of hydrogen-bond acceptors (Lipinski definition) is 0. The van der Waals surface area contributed by atoms with Crippen molar-refractivity contribution >= 4 is 91.2 Å². The Kier molecular flexibility index (Phi) is 18.7. The summed E-state index contributed by atoms with van der Waals surface area (Å²) in [6, 6.07) is 36.7. The van der Waals surface area contributed by atoms with Gasteiger partial charge in [-0.25, -0.2) is 0 Å². The fourth-order valence-corrected chi connectivity index (χ4v) is 20.6. The SMILES string of the molecule is C[SiH](c1ccccc1[PH+](C)C)c1ccccc1[PH+](C)C.C[SiH](c1ccccc1[PH+](C)C)c1ccccc1[PH+](C)C.[Cu].[Cu]. The Bertz CT molecular complexity index is 1170. The van der Waals surface area contributed by atoms with Crippen LogP contribution in [0.2, 0.25) is 13.1 Å². The first-order chi connectivity index (χ1) is 19.0. The van der Waals surface area contributed by atoms with E-state index >= 15 is 0 Å². The van der Waals surface area contributed by atoms with Crippen LogP contribution < -0.4 is 42.0 Å². The molecule has 4 rings (SSSR count). The van der Waals surface area contributed by atoms with E-state index in [4.69, 9.17) is 0 Å². The Morgan fingerprint density at radius 1 is 0.333 bits per heavy atom. The maximum absolute atomic E-state index is 2.51. The minimum Gasteiger partial charge on any atom is -0.0639 e. The first-order valence-corrected chi connectivity index (χ1v) is 29.2. The van der Waals surface area contributed by atoms with Crippen molar-refractivity contribution in [3.05, 3.63) is 97.1 Å². The second kappa shape index (κ2) is 19.6. The van der Waals surface area contributed by atoms with E-state index in [1.54, 1.807) is 42.0 Å². The first-order valence-electron chi connectivity index (χ1n) is 14.6. The van der Waals surface area contributed by atoms with Crippen LogP contribution in [0.15, 0.2) is 97.1 Å². The third kappa shape index (κ3) is 10.6. The van der Waals surface area contributed by atoms with Gasteiger partial charge in [0.2, 0.25) is 0 Å². The monoisotopic (exact) mass is 766 g/mol. The fourth-order valence-electron chi connectivity index (χ4n) is 5.65. The minimum atomic E-state index is -1.06. The first kappa shape index (κ1) is 40.1. The van der Waals surface area contributed by atoms with Gasteiger partial charge < -0.3 is 0 Å². The summed E-state index contributed by atoms with van der Waals surface area (Å²) in [6.45, 7) is 24.3. The van der Waals surface area contributed by atoms with Crippen LogP contribution in [0, 0.1) is 0 Å². The van der Waals surface area contributed by atoms with Crippen LogP contribution in [-0.2, 0) is 34.1 Å². The van der Waals surface area contributed by atoms with Gasteiger partial charge in [-0.15, -0.1) is 0 Å². The standard InChI is InChI=1S/2C17H24P2Si.2Cu/c2*1-18(2)14-10-6-8-12-16(14)20(5)17-13-9-7-11-15(17)19(3)4;;/h2*6-13,20H,1-5H3;;/p+4. The molecule has 0 saturated heterocycles. The molecule has 0 aliphatic carbocycles. The molecule has 0 aliphatic rings. The van der Waals surface area contributed by atoms with Gasteiger partial charge in [-0.05, 0) is 45.0 Å². The van der Waals surface area contributed by atoms with Crippen molar-refractivity contribution in [2.45, 2.75) is 13.1 Å². The predicted octanol–water partition coefficient (Wildman–Crippen LogP) is 3.71. The zero-order chi connectivity index (χ0) is 29.4. The van der Waals surface area contributed by atoms with Gasteiger partial charge in [-0.2, -0.15) is 0 Å². The van der Waals surface area contributed by atoms with Gasteiger partial charge in [0.25, 0.3) is 0 Å². The number of rotatable bonds is 8. The molecule has 0 aromatic heterocycles. The molecule has 0 atom stereocenters. The largest absolute Gasteiger partial charge is 0.110 e. The van der Waals surface area contributed by atoms with Crippen LogP contribution in [0.4, 0.5) is 0 Å². The summed E-state index contributed by atoms with van der Waals surface area (Å²) in [5.41, 5.74) is 0. The van der Waals surface area contributed by atoms with Crippen molar-refractivity contribution in [1.29, 1.82) is 0 Å². The minimum absolute atomic E-state index is 0. The van der Waals surface area contributed by atoms with Crippen molar-refractivity contribution in [3.63, 3.8) is 0 Å². The quantitative estimate of drug-likeness (QED) is 0.190. The number of hydrogen-bond donors (Lipinski definition) is 0. The molecular formula is C34H52Cu2P4Si2+4. The Morgan fingerprint density at radius 2 is 0.500 bits per heavy atom. The van der Waals surface area contributed by atoms with Crippen LogP contribution in [0.3, 0.4) is 0 Å². The van der Waals surface area contributed by atoms with E-state index < -0.39 is 17.6 Å². The van der Waals surface area contributed by atoms with Gasteiger partial charge in [0.1, 0.15) is 17.6 Å². The molecule has 0 bridgehead atoms. The van der Waals surface area contributed by atoms with Crippen molar-refractivity contribution in [3.8, 4) is 0 Å². The second-order valence-corrected chi connectivity index (χ2v) is 27.3. The molecule has 0 amide bonds. The normalized spacial score (nSPS) is 11.0.